The Hall–Kier alpha value is -2.06. The molecule has 0 amide bonds. The van der Waals surface area contributed by atoms with Crippen molar-refractivity contribution in [3.8, 4) is 5.88 Å². The van der Waals surface area contributed by atoms with Gasteiger partial charge in [-0.25, -0.2) is 27.1 Å². The monoisotopic (exact) mass is 351 g/mol. The van der Waals surface area contributed by atoms with Crippen LogP contribution in [0.3, 0.4) is 0 Å². The van der Waals surface area contributed by atoms with E-state index >= 15 is 0 Å². The summed E-state index contributed by atoms with van der Waals surface area (Å²) in [5, 5.41) is 0. The Kier molecular flexibility index (Phi) is 5.06. The lowest BCUT2D eigenvalue weighted by Crippen LogP contribution is -2.42. The fourth-order valence-electron chi connectivity index (χ4n) is 2.68. The molecule has 0 radical (unpaired) electrons. The van der Waals surface area contributed by atoms with Crippen molar-refractivity contribution in [2.75, 3.05) is 13.1 Å². The first kappa shape index (κ1) is 16.8. The van der Waals surface area contributed by atoms with Gasteiger partial charge >= 0.3 is 0 Å². The van der Waals surface area contributed by atoms with Gasteiger partial charge in [-0.3, -0.25) is 0 Å². The molecule has 0 atom stereocenters. The average molecular weight is 351 g/mol. The second kappa shape index (κ2) is 7.23. The predicted octanol–water partition coefficient (Wildman–Crippen LogP) is 1.99. The molecule has 8 heteroatoms. The molecule has 0 bridgehead atoms. The molecule has 0 unspecified atom stereocenters. The van der Waals surface area contributed by atoms with Gasteiger partial charge in [-0.15, -0.1) is 0 Å². The highest BCUT2D eigenvalue weighted by molar-refractivity contribution is 7.88. The Morgan fingerprint density at radius 1 is 1.25 bits per heavy atom. The quantitative estimate of drug-likeness (QED) is 0.824. The number of benzene rings is 1. The first-order valence-corrected chi connectivity index (χ1v) is 9.29. The van der Waals surface area contributed by atoms with Crippen LogP contribution in [-0.2, 0) is 15.8 Å². The number of hydrogen-bond donors (Lipinski definition) is 0. The van der Waals surface area contributed by atoms with Gasteiger partial charge in [0.15, 0.2) is 0 Å². The van der Waals surface area contributed by atoms with Crippen molar-refractivity contribution in [1.82, 2.24) is 14.3 Å². The van der Waals surface area contributed by atoms with Crippen LogP contribution in [0.5, 0.6) is 5.88 Å². The van der Waals surface area contributed by atoms with Crippen molar-refractivity contribution in [2.24, 2.45) is 0 Å². The zero-order valence-electron chi connectivity index (χ0n) is 13.0. The molecule has 0 saturated carbocycles. The van der Waals surface area contributed by atoms with Crippen LogP contribution in [0.4, 0.5) is 4.39 Å². The topological polar surface area (TPSA) is 72.4 Å². The summed E-state index contributed by atoms with van der Waals surface area (Å²) >= 11 is 0. The Balaban J connectivity index is 1.57. The molecular formula is C16H18FN3O3S. The number of hydrogen-bond acceptors (Lipinski definition) is 5. The summed E-state index contributed by atoms with van der Waals surface area (Å²) in [5.74, 6) is -0.131. The first-order valence-electron chi connectivity index (χ1n) is 7.68. The second-order valence-corrected chi connectivity index (χ2v) is 7.62. The van der Waals surface area contributed by atoms with Gasteiger partial charge in [0.2, 0.25) is 15.9 Å². The van der Waals surface area contributed by atoms with E-state index in [1.807, 2.05) is 0 Å². The average Bonchev–Trinajstić information content (AvgIpc) is 2.56. The molecule has 1 aromatic carbocycles. The van der Waals surface area contributed by atoms with E-state index in [-0.39, 0.29) is 11.9 Å². The smallest absolute Gasteiger partial charge is 0.218 e. The maximum absolute atomic E-state index is 13.2. The fourth-order valence-corrected chi connectivity index (χ4v) is 4.23. The van der Waals surface area contributed by atoms with Gasteiger partial charge in [0.05, 0.1) is 5.75 Å². The van der Waals surface area contributed by atoms with E-state index in [1.54, 1.807) is 18.3 Å². The normalized spacial score (nSPS) is 16.9. The number of aromatic nitrogens is 2. The van der Waals surface area contributed by atoms with E-state index in [0.717, 1.165) is 0 Å². The third-order valence-corrected chi connectivity index (χ3v) is 5.72. The van der Waals surface area contributed by atoms with Gasteiger partial charge in [-0.2, -0.15) is 0 Å². The van der Waals surface area contributed by atoms with Crippen molar-refractivity contribution < 1.29 is 17.5 Å². The third kappa shape index (κ3) is 4.27. The van der Waals surface area contributed by atoms with Crippen LogP contribution in [0, 0.1) is 5.82 Å². The molecule has 1 fully saturated rings. The minimum Gasteiger partial charge on any atom is -0.474 e. The predicted molar refractivity (Wildman–Crippen MR) is 86.3 cm³/mol. The van der Waals surface area contributed by atoms with Crippen molar-refractivity contribution in [1.29, 1.82) is 0 Å². The Morgan fingerprint density at radius 2 is 2.04 bits per heavy atom. The summed E-state index contributed by atoms with van der Waals surface area (Å²) in [7, 11) is -3.46. The summed E-state index contributed by atoms with van der Waals surface area (Å²) < 4.78 is 45.3. The molecule has 0 aliphatic carbocycles. The Bertz CT molecular complexity index is 778. The van der Waals surface area contributed by atoms with Crippen molar-refractivity contribution in [2.45, 2.75) is 24.7 Å². The minimum absolute atomic E-state index is 0.0690. The second-order valence-electron chi connectivity index (χ2n) is 5.65. The molecule has 24 heavy (non-hydrogen) atoms. The number of rotatable bonds is 5. The molecule has 1 aliphatic rings. The van der Waals surface area contributed by atoms with Crippen LogP contribution in [0.25, 0.3) is 0 Å². The first-order chi connectivity index (χ1) is 11.5. The third-order valence-electron chi connectivity index (χ3n) is 3.87. The van der Waals surface area contributed by atoms with E-state index in [4.69, 9.17) is 4.74 Å². The van der Waals surface area contributed by atoms with E-state index in [9.17, 15) is 12.8 Å². The maximum Gasteiger partial charge on any atom is 0.218 e. The lowest BCUT2D eigenvalue weighted by atomic mass is 10.1. The van der Waals surface area contributed by atoms with Gasteiger partial charge in [0.25, 0.3) is 0 Å². The highest BCUT2D eigenvalue weighted by atomic mass is 32.2. The van der Waals surface area contributed by atoms with Gasteiger partial charge in [-0.1, -0.05) is 12.1 Å². The molecule has 2 heterocycles. The number of piperidine rings is 1. The van der Waals surface area contributed by atoms with Crippen molar-refractivity contribution >= 4 is 10.0 Å². The summed E-state index contributed by atoms with van der Waals surface area (Å²) in [5.41, 5.74) is 0.453. The van der Waals surface area contributed by atoms with Crippen molar-refractivity contribution in [3.63, 3.8) is 0 Å². The van der Waals surface area contributed by atoms with Gasteiger partial charge in [0.1, 0.15) is 18.2 Å². The van der Waals surface area contributed by atoms with E-state index in [0.29, 0.717) is 37.4 Å². The van der Waals surface area contributed by atoms with Gasteiger partial charge < -0.3 is 4.74 Å². The van der Waals surface area contributed by atoms with Crippen LogP contribution in [0.15, 0.2) is 42.9 Å². The molecule has 1 saturated heterocycles. The zero-order valence-corrected chi connectivity index (χ0v) is 13.8. The molecule has 1 aromatic heterocycles. The standard InChI is InChI=1S/C16H18FN3O3S/c17-14-3-1-2-13(10-14)11-24(21,22)20-8-5-15(6-9-20)23-16-4-7-18-12-19-16/h1-4,7,10,12,15H,5-6,8-9,11H2. The number of nitrogens with zero attached hydrogens (tertiary/aromatic N) is 3. The van der Waals surface area contributed by atoms with Gasteiger partial charge in [-0.05, 0) is 30.5 Å². The molecule has 0 N–H and O–H groups in total. The van der Waals surface area contributed by atoms with Crippen LogP contribution >= 0.6 is 0 Å². The van der Waals surface area contributed by atoms with Crippen molar-refractivity contribution in [3.05, 3.63) is 54.2 Å². The highest BCUT2D eigenvalue weighted by Gasteiger charge is 2.29. The van der Waals surface area contributed by atoms with Crippen LogP contribution in [0.1, 0.15) is 18.4 Å². The number of halogens is 1. The lowest BCUT2D eigenvalue weighted by molar-refractivity contribution is 0.129. The number of ether oxygens (including phenoxy) is 1. The van der Waals surface area contributed by atoms with Crippen LogP contribution in [0.2, 0.25) is 0 Å². The molecule has 128 valence electrons. The molecular weight excluding hydrogens is 333 g/mol. The van der Waals surface area contributed by atoms with E-state index in [1.165, 1.54) is 28.8 Å². The SMILES string of the molecule is O=S(=O)(Cc1cccc(F)c1)N1CCC(Oc2ccncn2)CC1. The zero-order chi connectivity index (χ0) is 17.0. The van der Waals surface area contributed by atoms with E-state index in [2.05, 4.69) is 9.97 Å². The number of sulfonamides is 1. The Labute approximate surface area is 140 Å². The highest BCUT2D eigenvalue weighted by Crippen LogP contribution is 2.21. The summed E-state index contributed by atoms with van der Waals surface area (Å²) in [4.78, 5) is 7.83. The fraction of sp³-hybridized carbons (Fsp3) is 0.375. The van der Waals surface area contributed by atoms with Crippen LogP contribution < -0.4 is 4.74 Å². The molecule has 3 rings (SSSR count). The minimum atomic E-state index is -3.46. The molecule has 0 spiro atoms. The van der Waals surface area contributed by atoms with Crippen LogP contribution in [-0.4, -0.2) is 41.9 Å². The molecule has 2 aromatic rings. The van der Waals surface area contributed by atoms with Gasteiger partial charge in [0, 0.05) is 25.4 Å². The summed E-state index contributed by atoms with van der Waals surface area (Å²) in [6.45, 7) is 0.765. The maximum atomic E-state index is 13.2. The molecule has 1 aliphatic heterocycles. The van der Waals surface area contributed by atoms with E-state index < -0.39 is 15.8 Å². The lowest BCUT2D eigenvalue weighted by Gasteiger charge is -2.31. The molecule has 6 nitrogen and oxygen atoms in total. The Morgan fingerprint density at radius 3 is 2.71 bits per heavy atom. The largest absolute Gasteiger partial charge is 0.474 e. The summed E-state index contributed by atoms with van der Waals surface area (Å²) in [6, 6.07) is 7.36. The summed E-state index contributed by atoms with van der Waals surface area (Å²) in [6.07, 6.45) is 4.12.